The number of hydrogen-bond donors (Lipinski definition) is 4. The molecular formula is C40H49N3O6. The van der Waals surface area contributed by atoms with Crippen molar-refractivity contribution in [2.75, 3.05) is 11.9 Å². The Morgan fingerprint density at radius 3 is 2.22 bits per heavy atom. The molecule has 3 amide bonds. The van der Waals surface area contributed by atoms with Gasteiger partial charge < -0.3 is 30.5 Å². The van der Waals surface area contributed by atoms with Crippen LogP contribution in [-0.2, 0) is 20.7 Å². The molecule has 4 rings (SSSR count). The van der Waals surface area contributed by atoms with Gasteiger partial charge in [-0.05, 0) is 80.3 Å². The van der Waals surface area contributed by atoms with Gasteiger partial charge in [-0.2, -0.15) is 0 Å². The van der Waals surface area contributed by atoms with Gasteiger partial charge in [0, 0.05) is 24.2 Å². The molecule has 0 aliphatic carbocycles. The number of para-hydroxylation sites is 1. The molecule has 49 heavy (non-hydrogen) atoms. The van der Waals surface area contributed by atoms with Gasteiger partial charge in [0.15, 0.2) is 0 Å². The van der Waals surface area contributed by atoms with Gasteiger partial charge in [0.25, 0.3) is 5.91 Å². The van der Waals surface area contributed by atoms with Gasteiger partial charge in [-0.25, -0.2) is 4.79 Å². The van der Waals surface area contributed by atoms with Gasteiger partial charge in [0.05, 0.1) is 0 Å². The molecule has 4 N–H and O–H groups in total. The summed E-state index contributed by atoms with van der Waals surface area (Å²) in [5.41, 5.74) is 1.25. The predicted octanol–water partition coefficient (Wildman–Crippen LogP) is 8.17. The second-order valence-electron chi connectivity index (χ2n) is 13.5. The van der Waals surface area contributed by atoms with Crippen LogP contribution in [0.3, 0.4) is 0 Å². The van der Waals surface area contributed by atoms with Gasteiger partial charge in [-0.15, -0.1) is 0 Å². The highest BCUT2D eigenvalue weighted by Crippen LogP contribution is 2.34. The standard InChI is InChI=1S/C40H49N3O6/c1-6-7-8-9-12-24-43(38(47)34(42-39(48)49-40(3,4)5)25-28-18-22-32(44)23-19-28)35(33-17-13-14-27(2)36(33)45)37(46)41-31-21-20-29-15-10-11-16-30(29)26-31/h10-11,13-23,26,34-35,44-45H,6-9,12,24-25H2,1-5H3,(H,41,46)(H,42,48). The highest BCUT2D eigenvalue weighted by atomic mass is 16.6. The predicted molar refractivity (Wildman–Crippen MR) is 194 cm³/mol. The van der Waals surface area contributed by atoms with Gasteiger partial charge in [0.2, 0.25) is 5.91 Å². The van der Waals surface area contributed by atoms with E-state index in [1.807, 2.05) is 42.5 Å². The van der Waals surface area contributed by atoms with E-state index in [9.17, 15) is 24.6 Å². The largest absolute Gasteiger partial charge is 0.508 e. The second-order valence-corrected chi connectivity index (χ2v) is 13.5. The third-order valence-electron chi connectivity index (χ3n) is 8.29. The molecule has 9 heteroatoms. The Morgan fingerprint density at radius 1 is 0.837 bits per heavy atom. The van der Waals surface area contributed by atoms with Crippen molar-refractivity contribution in [2.45, 2.75) is 90.8 Å². The average Bonchev–Trinajstić information content (AvgIpc) is 3.05. The maximum Gasteiger partial charge on any atom is 0.408 e. The summed E-state index contributed by atoms with van der Waals surface area (Å²) < 4.78 is 5.54. The van der Waals surface area contributed by atoms with E-state index in [4.69, 9.17) is 4.74 Å². The van der Waals surface area contributed by atoms with Crippen molar-refractivity contribution in [2.24, 2.45) is 0 Å². The fourth-order valence-corrected chi connectivity index (χ4v) is 5.80. The molecule has 0 radical (unpaired) electrons. The summed E-state index contributed by atoms with van der Waals surface area (Å²) >= 11 is 0. The van der Waals surface area contributed by atoms with Gasteiger partial charge in [-0.1, -0.05) is 93.3 Å². The molecule has 0 saturated carbocycles. The number of carbonyl (C=O) groups excluding carboxylic acids is 3. The Hall–Kier alpha value is -5.05. The summed E-state index contributed by atoms with van der Waals surface area (Å²) in [6, 6.07) is 22.6. The van der Waals surface area contributed by atoms with E-state index in [1.54, 1.807) is 58.0 Å². The summed E-state index contributed by atoms with van der Waals surface area (Å²) in [7, 11) is 0. The lowest BCUT2D eigenvalue weighted by molar-refractivity contribution is -0.141. The molecular weight excluding hydrogens is 618 g/mol. The summed E-state index contributed by atoms with van der Waals surface area (Å²) in [5.74, 6) is -1.02. The number of rotatable bonds is 14. The Balaban J connectivity index is 1.78. The number of nitrogens with one attached hydrogen (secondary N) is 2. The minimum absolute atomic E-state index is 0.0702. The molecule has 4 aromatic rings. The third-order valence-corrected chi connectivity index (χ3v) is 8.29. The molecule has 0 bridgehead atoms. The quantitative estimate of drug-likeness (QED) is 0.100. The molecule has 0 heterocycles. The summed E-state index contributed by atoms with van der Waals surface area (Å²) in [6.07, 6.45) is 3.80. The topological polar surface area (TPSA) is 128 Å². The molecule has 0 aliphatic heterocycles. The van der Waals surface area contributed by atoms with Crippen LogP contribution in [0.1, 0.15) is 82.5 Å². The fraction of sp³-hybridized carbons (Fsp3) is 0.375. The molecule has 0 fully saturated rings. The first-order valence-electron chi connectivity index (χ1n) is 17.0. The number of aromatic hydroxyl groups is 2. The molecule has 4 aromatic carbocycles. The van der Waals surface area contributed by atoms with Gasteiger partial charge in [-0.3, -0.25) is 9.59 Å². The monoisotopic (exact) mass is 667 g/mol. The summed E-state index contributed by atoms with van der Waals surface area (Å²) in [6.45, 7) is 9.28. The van der Waals surface area contributed by atoms with Crippen molar-refractivity contribution in [3.8, 4) is 11.5 Å². The number of phenolic OH excluding ortho intramolecular Hbond substituents is 2. The average molecular weight is 668 g/mol. The number of hydrogen-bond acceptors (Lipinski definition) is 6. The number of carbonyl (C=O) groups is 3. The first-order chi connectivity index (χ1) is 23.4. The van der Waals surface area contributed by atoms with Crippen LogP contribution in [0.5, 0.6) is 11.5 Å². The number of anilines is 1. The number of nitrogens with zero attached hydrogens (tertiary/aromatic N) is 1. The third kappa shape index (κ3) is 10.5. The number of benzene rings is 4. The Morgan fingerprint density at radius 2 is 1.53 bits per heavy atom. The van der Waals surface area contributed by atoms with Crippen molar-refractivity contribution in [3.05, 3.63) is 102 Å². The molecule has 2 unspecified atom stereocenters. The van der Waals surface area contributed by atoms with E-state index in [1.165, 1.54) is 17.0 Å². The van der Waals surface area contributed by atoms with Crippen LogP contribution < -0.4 is 10.6 Å². The normalized spacial score (nSPS) is 12.6. The molecule has 0 aliphatic rings. The van der Waals surface area contributed by atoms with E-state index in [0.717, 1.165) is 36.5 Å². The van der Waals surface area contributed by atoms with Crippen molar-refractivity contribution in [1.82, 2.24) is 10.2 Å². The molecule has 2 atom stereocenters. The van der Waals surface area contributed by atoms with Crippen molar-refractivity contribution >= 4 is 34.4 Å². The van der Waals surface area contributed by atoms with Crippen LogP contribution in [0.2, 0.25) is 0 Å². The van der Waals surface area contributed by atoms with E-state index in [2.05, 4.69) is 17.6 Å². The fourth-order valence-electron chi connectivity index (χ4n) is 5.80. The zero-order valence-electron chi connectivity index (χ0n) is 29.2. The Bertz CT molecular complexity index is 1730. The minimum Gasteiger partial charge on any atom is -0.508 e. The highest BCUT2D eigenvalue weighted by Gasteiger charge is 2.37. The molecule has 9 nitrogen and oxygen atoms in total. The van der Waals surface area contributed by atoms with Crippen LogP contribution in [0.25, 0.3) is 10.8 Å². The number of ether oxygens (including phenoxy) is 1. The first kappa shape index (κ1) is 36.8. The Kier molecular flexibility index (Phi) is 12.7. The smallest absolute Gasteiger partial charge is 0.408 e. The van der Waals surface area contributed by atoms with Crippen LogP contribution >= 0.6 is 0 Å². The molecule has 0 spiro atoms. The SMILES string of the molecule is CCCCCCCN(C(=O)C(Cc1ccc(O)cc1)NC(=O)OC(C)(C)C)C(C(=O)Nc1ccc2ccccc2c1)c1cccc(C)c1O. The lowest BCUT2D eigenvalue weighted by Gasteiger charge is -2.35. The molecule has 260 valence electrons. The van der Waals surface area contributed by atoms with E-state index in [-0.39, 0.29) is 30.0 Å². The van der Waals surface area contributed by atoms with Crippen molar-refractivity contribution in [1.29, 1.82) is 0 Å². The lowest BCUT2D eigenvalue weighted by Crippen LogP contribution is -2.53. The van der Waals surface area contributed by atoms with Crippen LogP contribution in [0, 0.1) is 6.92 Å². The van der Waals surface area contributed by atoms with Crippen molar-refractivity contribution < 1.29 is 29.3 Å². The van der Waals surface area contributed by atoms with Gasteiger partial charge >= 0.3 is 6.09 Å². The maximum absolute atomic E-state index is 14.8. The maximum atomic E-state index is 14.8. The van der Waals surface area contributed by atoms with Crippen LogP contribution in [0.4, 0.5) is 10.5 Å². The zero-order valence-corrected chi connectivity index (χ0v) is 29.2. The lowest BCUT2D eigenvalue weighted by atomic mass is 9.97. The van der Waals surface area contributed by atoms with E-state index < -0.39 is 35.6 Å². The highest BCUT2D eigenvalue weighted by molar-refractivity contribution is 6.01. The second kappa shape index (κ2) is 16.9. The number of aryl methyl sites for hydroxylation is 1. The summed E-state index contributed by atoms with van der Waals surface area (Å²) in [5, 5.41) is 28.9. The summed E-state index contributed by atoms with van der Waals surface area (Å²) in [4.78, 5) is 43.9. The Labute approximate surface area is 289 Å². The molecule has 0 aromatic heterocycles. The molecule has 0 saturated heterocycles. The number of alkyl carbamates (subject to hydrolysis) is 1. The van der Waals surface area contributed by atoms with Crippen molar-refractivity contribution in [3.63, 3.8) is 0 Å². The number of fused-ring (bicyclic) bond motifs is 1. The van der Waals surface area contributed by atoms with E-state index >= 15 is 0 Å². The minimum atomic E-state index is -1.23. The van der Waals surface area contributed by atoms with Crippen LogP contribution in [0.15, 0.2) is 84.9 Å². The van der Waals surface area contributed by atoms with E-state index in [0.29, 0.717) is 23.2 Å². The van der Waals surface area contributed by atoms with Crippen LogP contribution in [-0.4, -0.2) is 51.2 Å². The van der Waals surface area contributed by atoms with Gasteiger partial charge in [0.1, 0.15) is 29.2 Å². The number of amides is 3. The number of phenols is 2. The zero-order chi connectivity index (χ0) is 35.6. The number of unbranched alkanes of at least 4 members (excludes halogenated alkanes) is 4. The first-order valence-corrected chi connectivity index (χ1v) is 17.0.